The van der Waals surface area contributed by atoms with E-state index in [0.717, 1.165) is 0 Å². The molecule has 0 saturated carbocycles. The first kappa shape index (κ1) is 19.0. The number of amides is 2. The number of piperidine rings is 1. The lowest BCUT2D eigenvalue weighted by molar-refractivity contribution is -0.130. The van der Waals surface area contributed by atoms with Gasteiger partial charge in [-0.3, -0.25) is 9.59 Å². The van der Waals surface area contributed by atoms with Crippen molar-refractivity contribution in [3.05, 3.63) is 73.3 Å². The maximum atomic E-state index is 13.8. The van der Waals surface area contributed by atoms with Crippen molar-refractivity contribution in [1.82, 2.24) is 4.90 Å². The number of likely N-dealkylation sites (tertiary alicyclic amines) is 1. The highest BCUT2D eigenvalue weighted by atomic mass is 32.2. The average molecular weight is 382 g/mol. The monoisotopic (exact) mass is 382 g/mol. The molecule has 6 heteroatoms. The normalized spacial score (nSPS) is 15.2. The lowest BCUT2D eigenvalue weighted by atomic mass is 9.96. The summed E-state index contributed by atoms with van der Waals surface area (Å²) in [5, 5.41) is 0. The van der Waals surface area contributed by atoms with Gasteiger partial charge in [0.25, 0.3) is 5.91 Å². The molecule has 1 aliphatic heterocycles. The Labute approximate surface area is 159 Å². The minimum Gasteiger partial charge on any atom is -0.339 e. The van der Waals surface area contributed by atoms with Gasteiger partial charge in [0.1, 0.15) is 9.73 Å². The molecule has 3 rings (SSSR count). The standard InChI is InChI=1S/C21H22N2O3S/c1-2-20(24)23-15-13-17(14-16-23)21(25)22-27(26,18-9-5-3-6-10-18)19-11-7-4-8-12-19/h2-12,17H,1,13-16H2. The van der Waals surface area contributed by atoms with Crippen LogP contribution in [0.1, 0.15) is 12.8 Å². The highest BCUT2D eigenvalue weighted by Gasteiger charge is 2.28. The first-order valence-electron chi connectivity index (χ1n) is 8.87. The summed E-state index contributed by atoms with van der Waals surface area (Å²) in [6.45, 7) is 4.45. The predicted molar refractivity (Wildman–Crippen MR) is 104 cm³/mol. The fourth-order valence-electron chi connectivity index (χ4n) is 3.13. The zero-order chi connectivity index (χ0) is 19.3. The van der Waals surface area contributed by atoms with Crippen molar-refractivity contribution in [2.75, 3.05) is 13.1 Å². The molecule has 5 nitrogen and oxygen atoms in total. The molecule has 140 valence electrons. The van der Waals surface area contributed by atoms with Crippen LogP contribution in [-0.4, -0.2) is 34.0 Å². The Morgan fingerprint density at radius 3 is 1.89 bits per heavy atom. The van der Waals surface area contributed by atoms with Crippen molar-refractivity contribution >= 4 is 21.5 Å². The van der Waals surface area contributed by atoms with E-state index in [2.05, 4.69) is 10.9 Å². The van der Waals surface area contributed by atoms with Crippen LogP contribution in [0.4, 0.5) is 0 Å². The lowest BCUT2D eigenvalue weighted by Gasteiger charge is -2.29. The molecule has 0 spiro atoms. The minimum absolute atomic E-state index is 0.129. The van der Waals surface area contributed by atoms with E-state index >= 15 is 0 Å². The molecule has 0 aliphatic carbocycles. The van der Waals surface area contributed by atoms with Crippen molar-refractivity contribution in [1.29, 1.82) is 0 Å². The molecular formula is C21H22N2O3S. The fourth-order valence-corrected chi connectivity index (χ4v) is 5.07. The Balaban J connectivity index is 1.91. The number of carbonyl (C=O) groups excluding carboxylic acids is 2. The van der Waals surface area contributed by atoms with Gasteiger partial charge in [-0.25, -0.2) is 4.21 Å². The third kappa shape index (κ3) is 4.17. The van der Waals surface area contributed by atoms with Crippen LogP contribution < -0.4 is 0 Å². The molecule has 1 aliphatic rings. The molecular weight excluding hydrogens is 360 g/mol. The Hall–Kier alpha value is -2.73. The van der Waals surface area contributed by atoms with Crippen LogP contribution in [0, 0.1) is 5.92 Å². The molecule has 0 atom stereocenters. The van der Waals surface area contributed by atoms with E-state index in [4.69, 9.17) is 0 Å². The summed E-state index contributed by atoms with van der Waals surface area (Å²) in [4.78, 5) is 27.2. The molecule has 0 radical (unpaired) electrons. The van der Waals surface area contributed by atoms with Crippen molar-refractivity contribution in [3.63, 3.8) is 0 Å². The van der Waals surface area contributed by atoms with Gasteiger partial charge in [-0.2, -0.15) is 4.36 Å². The molecule has 2 aromatic carbocycles. The Kier molecular flexibility index (Phi) is 5.86. The lowest BCUT2D eigenvalue weighted by Crippen LogP contribution is -2.39. The zero-order valence-corrected chi connectivity index (χ0v) is 15.8. The van der Waals surface area contributed by atoms with Crippen LogP contribution in [-0.2, 0) is 19.3 Å². The van der Waals surface area contributed by atoms with Gasteiger partial charge in [0, 0.05) is 19.0 Å². The quantitative estimate of drug-likeness (QED) is 0.760. The van der Waals surface area contributed by atoms with E-state index < -0.39 is 9.73 Å². The van der Waals surface area contributed by atoms with Gasteiger partial charge in [0.2, 0.25) is 5.91 Å². The molecule has 0 aromatic heterocycles. The zero-order valence-electron chi connectivity index (χ0n) is 15.0. The highest BCUT2D eigenvalue weighted by Crippen LogP contribution is 2.26. The van der Waals surface area contributed by atoms with Crippen LogP contribution >= 0.6 is 0 Å². The van der Waals surface area contributed by atoms with Gasteiger partial charge in [0.15, 0.2) is 0 Å². The molecule has 2 aromatic rings. The number of nitrogens with zero attached hydrogens (tertiary/aromatic N) is 2. The summed E-state index contributed by atoms with van der Waals surface area (Å²) >= 11 is 0. The Morgan fingerprint density at radius 1 is 0.963 bits per heavy atom. The molecule has 1 fully saturated rings. The minimum atomic E-state index is -3.05. The van der Waals surface area contributed by atoms with Gasteiger partial charge >= 0.3 is 0 Å². The van der Waals surface area contributed by atoms with Crippen LogP contribution in [0.15, 0.2) is 87.5 Å². The van der Waals surface area contributed by atoms with Crippen molar-refractivity contribution in [3.8, 4) is 0 Å². The third-order valence-corrected chi connectivity index (χ3v) is 6.93. The second-order valence-electron chi connectivity index (χ2n) is 6.39. The van der Waals surface area contributed by atoms with E-state index in [1.165, 1.54) is 6.08 Å². The van der Waals surface area contributed by atoms with Crippen LogP contribution in [0.5, 0.6) is 0 Å². The van der Waals surface area contributed by atoms with E-state index in [0.29, 0.717) is 35.7 Å². The molecule has 1 heterocycles. The van der Waals surface area contributed by atoms with Crippen LogP contribution in [0.3, 0.4) is 0 Å². The Bertz CT molecular complexity index is 894. The Morgan fingerprint density at radius 2 is 1.44 bits per heavy atom. The van der Waals surface area contributed by atoms with Gasteiger partial charge in [-0.1, -0.05) is 43.0 Å². The summed E-state index contributed by atoms with van der Waals surface area (Å²) < 4.78 is 18.0. The number of carbonyl (C=O) groups is 2. The second-order valence-corrected chi connectivity index (χ2v) is 8.56. The predicted octanol–water partition coefficient (Wildman–Crippen LogP) is 3.52. The number of rotatable bonds is 4. The highest BCUT2D eigenvalue weighted by molar-refractivity contribution is 7.94. The largest absolute Gasteiger partial charge is 0.339 e. The molecule has 0 N–H and O–H groups in total. The van der Waals surface area contributed by atoms with Gasteiger partial charge in [-0.15, -0.1) is 0 Å². The van der Waals surface area contributed by atoms with E-state index in [1.807, 2.05) is 12.1 Å². The summed E-state index contributed by atoms with van der Waals surface area (Å²) in [5.41, 5.74) is 0. The van der Waals surface area contributed by atoms with Crippen LogP contribution in [0.2, 0.25) is 0 Å². The van der Waals surface area contributed by atoms with Crippen molar-refractivity contribution in [2.45, 2.75) is 22.6 Å². The van der Waals surface area contributed by atoms with Crippen molar-refractivity contribution < 1.29 is 13.8 Å². The SMILES string of the molecule is C=CC(=O)N1CCC(C(=O)N=S(=O)(c2ccccc2)c2ccccc2)CC1. The summed E-state index contributed by atoms with van der Waals surface area (Å²) in [7, 11) is -3.05. The van der Waals surface area contributed by atoms with Gasteiger partial charge in [-0.05, 0) is 43.2 Å². The second kappa shape index (κ2) is 8.31. The molecule has 0 bridgehead atoms. The molecule has 0 unspecified atom stereocenters. The first-order valence-corrected chi connectivity index (χ1v) is 10.4. The number of hydrogen-bond acceptors (Lipinski definition) is 3. The van der Waals surface area contributed by atoms with E-state index in [1.54, 1.807) is 53.4 Å². The fraction of sp³-hybridized carbons (Fsp3) is 0.238. The molecule has 27 heavy (non-hydrogen) atoms. The first-order chi connectivity index (χ1) is 13.0. The number of hydrogen-bond donors (Lipinski definition) is 0. The molecule has 2 amide bonds. The maximum Gasteiger partial charge on any atom is 0.257 e. The van der Waals surface area contributed by atoms with Crippen LogP contribution in [0.25, 0.3) is 0 Å². The third-order valence-electron chi connectivity index (χ3n) is 4.67. The van der Waals surface area contributed by atoms with Crippen molar-refractivity contribution in [2.24, 2.45) is 10.3 Å². The summed E-state index contributed by atoms with van der Waals surface area (Å²) in [5.74, 6) is -0.819. The smallest absolute Gasteiger partial charge is 0.257 e. The maximum absolute atomic E-state index is 13.8. The van der Waals surface area contributed by atoms with Gasteiger partial charge < -0.3 is 4.90 Å². The van der Waals surface area contributed by atoms with Gasteiger partial charge in [0.05, 0.1) is 9.79 Å². The topological polar surface area (TPSA) is 66.8 Å². The average Bonchev–Trinajstić information content (AvgIpc) is 2.74. The number of benzene rings is 2. The molecule has 1 saturated heterocycles. The summed E-state index contributed by atoms with van der Waals surface area (Å²) in [6, 6.07) is 17.8. The summed E-state index contributed by atoms with van der Waals surface area (Å²) in [6.07, 6.45) is 2.31. The van der Waals surface area contributed by atoms with E-state index in [-0.39, 0.29) is 17.7 Å². The van der Waals surface area contributed by atoms with E-state index in [9.17, 15) is 13.8 Å².